The van der Waals surface area contributed by atoms with E-state index in [1.807, 2.05) is 0 Å². The topological polar surface area (TPSA) is 71.2 Å². The first-order chi connectivity index (χ1) is 13.0. The van der Waals surface area contributed by atoms with Crippen LogP contribution >= 0.6 is 34.5 Å². The van der Waals surface area contributed by atoms with Crippen LogP contribution in [-0.2, 0) is 0 Å². The molecule has 1 fully saturated rings. The molecule has 1 aromatic carbocycles. The van der Waals surface area contributed by atoms with Crippen molar-refractivity contribution in [3.63, 3.8) is 0 Å². The molecular formula is C19H16Cl2N4OS. The molecule has 6 rings (SSSR count). The van der Waals surface area contributed by atoms with Crippen molar-refractivity contribution < 1.29 is 4.79 Å². The highest BCUT2D eigenvalue weighted by molar-refractivity contribution is 7.21. The summed E-state index contributed by atoms with van der Waals surface area (Å²) in [5, 5.41) is 4.57. The number of thiophene rings is 1. The van der Waals surface area contributed by atoms with Gasteiger partial charge in [-0.2, -0.15) is 0 Å². The molecule has 0 radical (unpaired) electrons. The minimum atomic E-state index is -0.305. The summed E-state index contributed by atoms with van der Waals surface area (Å²) in [5.41, 5.74) is 9.56. The number of carbonyl (C=O) groups excluding carboxylic acids is 1. The van der Waals surface area contributed by atoms with Gasteiger partial charge in [-0.3, -0.25) is 4.79 Å². The molecule has 0 atom stereocenters. The summed E-state index contributed by atoms with van der Waals surface area (Å²) in [5.74, 6) is 0.209. The zero-order chi connectivity index (χ0) is 18.7. The Hall–Kier alpha value is -2.02. The summed E-state index contributed by atoms with van der Waals surface area (Å²) >= 11 is 13.5. The van der Waals surface area contributed by atoms with Crippen LogP contribution in [0.15, 0.2) is 24.3 Å². The lowest BCUT2D eigenvalue weighted by Crippen LogP contribution is -2.39. The molecule has 1 amide bonds. The van der Waals surface area contributed by atoms with Crippen molar-refractivity contribution in [2.75, 3.05) is 29.0 Å². The Bertz CT molecular complexity index is 1090. The average molecular weight is 419 g/mol. The van der Waals surface area contributed by atoms with Gasteiger partial charge >= 0.3 is 0 Å². The second-order valence-electron chi connectivity index (χ2n) is 6.93. The fourth-order valence-electron chi connectivity index (χ4n) is 3.93. The van der Waals surface area contributed by atoms with Crippen LogP contribution in [0.1, 0.15) is 34.1 Å². The zero-order valence-corrected chi connectivity index (χ0v) is 16.6. The normalized spacial score (nSPS) is 16.0. The summed E-state index contributed by atoms with van der Waals surface area (Å²) < 4.78 is 0. The molecule has 5 nitrogen and oxygen atoms in total. The van der Waals surface area contributed by atoms with E-state index in [2.05, 4.69) is 16.3 Å². The van der Waals surface area contributed by atoms with E-state index < -0.39 is 0 Å². The number of carbonyl (C=O) groups is 1. The van der Waals surface area contributed by atoms with Crippen molar-refractivity contribution in [3.05, 3.63) is 44.9 Å². The van der Waals surface area contributed by atoms with E-state index in [0.717, 1.165) is 41.8 Å². The standard InChI is InChI=1S/C19H16Cl2N4OS/c20-10-1-2-12(21)13(7-10)23-18(26)17-15(22)11-8-14-16(24-19(11)27-17)9-3-5-25(14)6-4-9/h1-2,7-9H,3-6,22H2,(H,23,26). The third-order valence-corrected chi connectivity index (χ3v) is 7.01. The van der Waals surface area contributed by atoms with E-state index in [4.69, 9.17) is 33.9 Å². The van der Waals surface area contributed by atoms with Crippen molar-refractivity contribution in [3.8, 4) is 0 Å². The highest BCUT2D eigenvalue weighted by atomic mass is 35.5. The molecule has 2 aromatic heterocycles. The molecule has 3 aliphatic heterocycles. The molecule has 1 saturated heterocycles. The minimum Gasteiger partial charge on any atom is -0.397 e. The Balaban J connectivity index is 1.55. The Labute approximate surface area is 170 Å². The lowest BCUT2D eigenvalue weighted by atomic mass is 9.86. The van der Waals surface area contributed by atoms with Gasteiger partial charge in [0, 0.05) is 29.4 Å². The Morgan fingerprint density at radius 3 is 2.81 bits per heavy atom. The number of aromatic nitrogens is 1. The van der Waals surface area contributed by atoms with E-state index >= 15 is 0 Å². The van der Waals surface area contributed by atoms with E-state index in [1.165, 1.54) is 17.0 Å². The third kappa shape index (κ3) is 2.74. The quantitative estimate of drug-likeness (QED) is 0.604. The Morgan fingerprint density at radius 1 is 1.26 bits per heavy atom. The number of nitrogen functional groups attached to an aromatic ring is 1. The lowest BCUT2D eigenvalue weighted by Gasteiger charge is -2.41. The second kappa shape index (κ2) is 6.26. The maximum absolute atomic E-state index is 12.8. The lowest BCUT2D eigenvalue weighted by molar-refractivity contribution is 0.103. The predicted octanol–water partition coefficient (Wildman–Crippen LogP) is 5.14. The van der Waals surface area contributed by atoms with E-state index in [-0.39, 0.29) is 5.91 Å². The van der Waals surface area contributed by atoms with Crippen molar-refractivity contribution in [2.24, 2.45) is 0 Å². The van der Waals surface area contributed by atoms with Gasteiger partial charge in [-0.25, -0.2) is 4.98 Å². The van der Waals surface area contributed by atoms with Crippen molar-refractivity contribution in [1.29, 1.82) is 0 Å². The number of rotatable bonds is 2. The van der Waals surface area contributed by atoms with Crippen LogP contribution in [0, 0.1) is 0 Å². The average Bonchev–Trinajstić information content (AvgIpc) is 3.00. The summed E-state index contributed by atoms with van der Waals surface area (Å²) in [6.45, 7) is 2.13. The Kier molecular flexibility index (Phi) is 3.96. The van der Waals surface area contributed by atoms with Gasteiger partial charge in [0.05, 0.1) is 27.8 Å². The van der Waals surface area contributed by atoms with Crippen LogP contribution in [0.4, 0.5) is 17.1 Å². The number of nitrogens with one attached hydrogen (secondary N) is 1. The molecule has 8 heteroatoms. The van der Waals surface area contributed by atoms with Crippen LogP contribution in [0.5, 0.6) is 0 Å². The van der Waals surface area contributed by atoms with Crippen molar-refractivity contribution in [2.45, 2.75) is 18.8 Å². The largest absolute Gasteiger partial charge is 0.397 e. The SMILES string of the molecule is Nc1c(C(=O)Nc2cc(Cl)ccc2Cl)sc2nc3c(cc12)N1CCC3CC1. The fourth-order valence-corrected chi connectivity index (χ4v) is 5.25. The van der Waals surface area contributed by atoms with E-state index in [1.54, 1.807) is 18.2 Å². The predicted molar refractivity (Wildman–Crippen MR) is 113 cm³/mol. The molecule has 138 valence electrons. The molecule has 0 aliphatic carbocycles. The van der Waals surface area contributed by atoms with Gasteiger partial charge in [-0.15, -0.1) is 11.3 Å². The smallest absolute Gasteiger partial charge is 0.267 e. The highest BCUT2D eigenvalue weighted by Crippen LogP contribution is 2.45. The number of piperidine rings is 1. The first-order valence-corrected chi connectivity index (χ1v) is 10.3. The maximum atomic E-state index is 12.8. The van der Waals surface area contributed by atoms with Crippen LogP contribution in [0.25, 0.3) is 10.2 Å². The van der Waals surface area contributed by atoms with Crippen LogP contribution in [0.3, 0.4) is 0 Å². The number of nitrogens with zero attached hydrogens (tertiary/aromatic N) is 2. The van der Waals surface area contributed by atoms with Gasteiger partial charge in [0.25, 0.3) is 5.91 Å². The molecule has 0 saturated carbocycles. The summed E-state index contributed by atoms with van der Waals surface area (Å²) in [6.07, 6.45) is 2.29. The number of hydrogen-bond acceptors (Lipinski definition) is 5. The van der Waals surface area contributed by atoms with Crippen molar-refractivity contribution >= 4 is 67.7 Å². The highest BCUT2D eigenvalue weighted by Gasteiger charge is 2.33. The third-order valence-electron chi connectivity index (χ3n) is 5.33. The number of anilines is 3. The monoisotopic (exact) mass is 418 g/mol. The number of fused-ring (bicyclic) bond motifs is 3. The number of amides is 1. The maximum Gasteiger partial charge on any atom is 0.267 e. The molecular weight excluding hydrogens is 403 g/mol. The van der Waals surface area contributed by atoms with Gasteiger partial charge in [-0.1, -0.05) is 23.2 Å². The first kappa shape index (κ1) is 17.1. The van der Waals surface area contributed by atoms with E-state index in [9.17, 15) is 4.79 Å². The molecule has 3 aromatic rings. The molecule has 3 aliphatic rings. The van der Waals surface area contributed by atoms with Crippen LogP contribution < -0.4 is 16.0 Å². The molecule has 0 spiro atoms. The first-order valence-electron chi connectivity index (χ1n) is 8.75. The zero-order valence-electron chi connectivity index (χ0n) is 14.3. The molecule has 27 heavy (non-hydrogen) atoms. The van der Waals surface area contributed by atoms with Gasteiger partial charge in [0.1, 0.15) is 9.71 Å². The number of nitrogens with two attached hydrogens (primary N) is 1. The number of halogens is 2. The molecule has 2 bridgehead atoms. The number of hydrogen-bond donors (Lipinski definition) is 2. The van der Waals surface area contributed by atoms with Gasteiger partial charge < -0.3 is 16.0 Å². The molecule has 3 N–H and O–H groups in total. The van der Waals surface area contributed by atoms with E-state index in [0.29, 0.717) is 32.2 Å². The van der Waals surface area contributed by atoms with Gasteiger partial charge in [0.2, 0.25) is 0 Å². The number of benzene rings is 1. The summed E-state index contributed by atoms with van der Waals surface area (Å²) in [7, 11) is 0. The van der Waals surface area contributed by atoms with Crippen LogP contribution in [0.2, 0.25) is 10.0 Å². The summed E-state index contributed by atoms with van der Waals surface area (Å²) in [4.78, 5) is 21.3. The van der Waals surface area contributed by atoms with Gasteiger partial charge in [0.15, 0.2) is 0 Å². The number of pyridine rings is 1. The second-order valence-corrected chi connectivity index (χ2v) is 8.77. The van der Waals surface area contributed by atoms with Crippen molar-refractivity contribution in [1.82, 2.24) is 4.98 Å². The minimum absolute atomic E-state index is 0.305. The summed E-state index contributed by atoms with van der Waals surface area (Å²) in [6, 6.07) is 7.03. The Morgan fingerprint density at radius 2 is 2.04 bits per heavy atom. The van der Waals surface area contributed by atoms with Gasteiger partial charge in [-0.05, 0) is 37.1 Å². The fraction of sp³-hybridized carbons (Fsp3) is 0.263. The molecule has 0 unspecified atom stereocenters. The molecule has 5 heterocycles. The van der Waals surface area contributed by atoms with Crippen LogP contribution in [-0.4, -0.2) is 24.0 Å².